The maximum absolute atomic E-state index is 13.3. The molecular formula is C29H30ClFN4O4. The Labute approximate surface area is 231 Å². The van der Waals surface area contributed by atoms with E-state index in [0.717, 1.165) is 5.56 Å². The van der Waals surface area contributed by atoms with Gasteiger partial charge in [0.15, 0.2) is 6.61 Å². The van der Waals surface area contributed by atoms with Crippen LogP contribution in [0.25, 0.3) is 0 Å². The first-order chi connectivity index (χ1) is 18.6. The second kappa shape index (κ2) is 12.3. The Kier molecular flexibility index (Phi) is 8.83. The molecule has 2 unspecified atom stereocenters. The van der Waals surface area contributed by atoms with Crippen molar-refractivity contribution in [2.75, 3.05) is 25.0 Å². The molecule has 3 aromatic carbocycles. The number of carbonyl (C=O) groups excluding carboxylic acids is 3. The summed E-state index contributed by atoms with van der Waals surface area (Å²) in [5.74, 6) is -1.30. The average Bonchev–Trinajstić information content (AvgIpc) is 2.91. The fourth-order valence-corrected chi connectivity index (χ4v) is 4.71. The number of nitrogens with one attached hydrogen (secondary N) is 1. The number of amides is 3. The van der Waals surface area contributed by atoms with Crippen LogP contribution in [0.5, 0.6) is 5.75 Å². The first-order valence-corrected chi connectivity index (χ1v) is 12.9. The minimum absolute atomic E-state index is 0.0610. The van der Waals surface area contributed by atoms with Crippen molar-refractivity contribution in [3.05, 3.63) is 94.3 Å². The van der Waals surface area contributed by atoms with Crippen molar-refractivity contribution < 1.29 is 23.5 Å². The molecule has 1 fully saturated rings. The van der Waals surface area contributed by atoms with E-state index in [1.54, 1.807) is 41.3 Å². The summed E-state index contributed by atoms with van der Waals surface area (Å²) in [4.78, 5) is 41.4. The Balaban J connectivity index is 1.38. The van der Waals surface area contributed by atoms with Crippen LogP contribution in [0, 0.1) is 5.82 Å². The van der Waals surface area contributed by atoms with E-state index in [4.69, 9.17) is 22.1 Å². The molecule has 10 heteroatoms. The minimum Gasteiger partial charge on any atom is -0.483 e. The number of nitrogens with zero attached hydrogens (tertiary/aromatic N) is 2. The van der Waals surface area contributed by atoms with Gasteiger partial charge in [-0.3, -0.25) is 19.3 Å². The number of rotatable bonds is 8. The standard InChI is InChI=1S/C29H30ClFN4O4/c1-18-15-35(19(2)14-34(18)16-20-3-8-23(31)9-4-20)27(36)17-39-26-12-7-22(30)13-25(26)29(38)33-24-10-5-21(6-11-24)28(32)37/h3-13,18-19H,14-17H2,1-2H3,(H2,32,37)(H,33,38). The van der Waals surface area contributed by atoms with E-state index in [2.05, 4.69) is 10.2 Å². The van der Waals surface area contributed by atoms with Gasteiger partial charge >= 0.3 is 0 Å². The molecule has 0 aliphatic carbocycles. The van der Waals surface area contributed by atoms with Crippen molar-refractivity contribution >= 4 is 35.0 Å². The smallest absolute Gasteiger partial charge is 0.260 e. The maximum atomic E-state index is 13.3. The normalized spacial score (nSPS) is 17.5. The van der Waals surface area contributed by atoms with E-state index in [-0.39, 0.29) is 41.7 Å². The fourth-order valence-electron chi connectivity index (χ4n) is 4.53. The summed E-state index contributed by atoms with van der Waals surface area (Å²) >= 11 is 6.13. The Bertz CT molecular complexity index is 1350. The van der Waals surface area contributed by atoms with Crippen LogP contribution in [-0.2, 0) is 11.3 Å². The lowest BCUT2D eigenvalue weighted by Crippen LogP contribution is -2.58. The Morgan fingerprint density at radius 1 is 1.00 bits per heavy atom. The number of carbonyl (C=O) groups is 3. The molecule has 3 aromatic rings. The molecule has 8 nitrogen and oxygen atoms in total. The van der Waals surface area contributed by atoms with Gasteiger partial charge in [-0.25, -0.2) is 4.39 Å². The third-order valence-corrected chi connectivity index (χ3v) is 6.93. The van der Waals surface area contributed by atoms with E-state index in [0.29, 0.717) is 35.9 Å². The van der Waals surface area contributed by atoms with Crippen LogP contribution in [0.4, 0.5) is 10.1 Å². The second-order valence-electron chi connectivity index (χ2n) is 9.62. The molecular weight excluding hydrogens is 523 g/mol. The van der Waals surface area contributed by atoms with Gasteiger partial charge < -0.3 is 20.7 Å². The maximum Gasteiger partial charge on any atom is 0.260 e. The molecule has 0 radical (unpaired) electrons. The number of piperazine rings is 1. The predicted octanol–water partition coefficient (Wildman–Crippen LogP) is 4.33. The first kappa shape index (κ1) is 28.1. The third-order valence-electron chi connectivity index (χ3n) is 6.70. The van der Waals surface area contributed by atoms with E-state index in [9.17, 15) is 18.8 Å². The number of hydrogen-bond acceptors (Lipinski definition) is 5. The Hall–Kier alpha value is -3.95. The molecule has 2 atom stereocenters. The summed E-state index contributed by atoms with van der Waals surface area (Å²) in [6.07, 6.45) is 0. The molecule has 3 N–H and O–H groups in total. The zero-order valence-electron chi connectivity index (χ0n) is 21.7. The van der Waals surface area contributed by atoms with Crippen molar-refractivity contribution in [2.45, 2.75) is 32.5 Å². The van der Waals surface area contributed by atoms with Gasteiger partial charge in [-0.15, -0.1) is 0 Å². The second-order valence-corrected chi connectivity index (χ2v) is 10.1. The van der Waals surface area contributed by atoms with Gasteiger partial charge in [0.05, 0.1) is 5.56 Å². The molecule has 1 aliphatic heterocycles. The van der Waals surface area contributed by atoms with Crippen LogP contribution >= 0.6 is 11.6 Å². The molecule has 204 valence electrons. The lowest BCUT2D eigenvalue weighted by molar-refractivity contribution is -0.139. The number of hydrogen-bond donors (Lipinski definition) is 2. The van der Waals surface area contributed by atoms with Gasteiger partial charge in [0.25, 0.3) is 11.8 Å². The molecule has 39 heavy (non-hydrogen) atoms. The highest BCUT2D eigenvalue weighted by atomic mass is 35.5. The topological polar surface area (TPSA) is 105 Å². The highest BCUT2D eigenvalue weighted by molar-refractivity contribution is 6.31. The fraction of sp³-hybridized carbons (Fsp3) is 0.276. The number of primary amides is 1. The van der Waals surface area contributed by atoms with Gasteiger partial charge in [0.2, 0.25) is 5.91 Å². The third kappa shape index (κ3) is 7.13. The summed E-state index contributed by atoms with van der Waals surface area (Å²) in [6, 6.07) is 17.2. The quantitative estimate of drug-likeness (QED) is 0.433. The zero-order valence-corrected chi connectivity index (χ0v) is 22.5. The van der Waals surface area contributed by atoms with Gasteiger partial charge in [0, 0.05) is 48.0 Å². The van der Waals surface area contributed by atoms with Crippen molar-refractivity contribution in [3.8, 4) is 5.75 Å². The van der Waals surface area contributed by atoms with Crippen molar-refractivity contribution in [2.24, 2.45) is 5.73 Å². The Morgan fingerprint density at radius 3 is 2.36 bits per heavy atom. The molecule has 1 saturated heterocycles. The van der Waals surface area contributed by atoms with E-state index in [1.165, 1.54) is 30.3 Å². The minimum atomic E-state index is -0.568. The van der Waals surface area contributed by atoms with Crippen molar-refractivity contribution in [1.82, 2.24) is 9.80 Å². The average molecular weight is 553 g/mol. The molecule has 1 aliphatic rings. The van der Waals surface area contributed by atoms with Gasteiger partial charge in [-0.05, 0) is 74.0 Å². The number of anilines is 1. The summed E-state index contributed by atoms with van der Waals surface area (Å²) in [7, 11) is 0. The summed E-state index contributed by atoms with van der Waals surface area (Å²) < 4.78 is 19.1. The van der Waals surface area contributed by atoms with Crippen LogP contribution in [0.3, 0.4) is 0 Å². The van der Waals surface area contributed by atoms with Crippen molar-refractivity contribution in [3.63, 3.8) is 0 Å². The molecule has 0 spiro atoms. The lowest BCUT2D eigenvalue weighted by atomic mass is 10.1. The van der Waals surface area contributed by atoms with E-state index < -0.39 is 11.8 Å². The highest BCUT2D eigenvalue weighted by Crippen LogP contribution is 2.25. The molecule has 1 heterocycles. The number of benzene rings is 3. The highest BCUT2D eigenvalue weighted by Gasteiger charge is 2.32. The molecule has 0 saturated carbocycles. The number of nitrogens with two attached hydrogens (primary N) is 1. The molecule has 0 bridgehead atoms. The van der Waals surface area contributed by atoms with Crippen molar-refractivity contribution in [1.29, 1.82) is 0 Å². The van der Waals surface area contributed by atoms with Crippen LogP contribution in [-0.4, -0.2) is 59.3 Å². The van der Waals surface area contributed by atoms with Gasteiger partial charge in [0.1, 0.15) is 11.6 Å². The SMILES string of the molecule is CC1CN(C(=O)COc2ccc(Cl)cc2C(=O)Nc2ccc(C(N)=O)cc2)C(C)CN1Cc1ccc(F)cc1. The largest absolute Gasteiger partial charge is 0.483 e. The molecule has 4 rings (SSSR count). The van der Waals surface area contributed by atoms with E-state index >= 15 is 0 Å². The summed E-state index contributed by atoms with van der Waals surface area (Å²) in [6.45, 7) is 5.62. The first-order valence-electron chi connectivity index (χ1n) is 12.5. The van der Waals surface area contributed by atoms with E-state index in [1.807, 2.05) is 13.8 Å². The van der Waals surface area contributed by atoms with Gasteiger partial charge in [-0.2, -0.15) is 0 Å². The number of halogens is 2. The van der Waals surface area contributed by atoms with Crippen LogP contribution in [0.1, 0.15) is 40.1 Å². The number of ether oxygens (including phenoxy) is 1. The predicted molar refractivity (Wildman–Crippen MR) is 147 cm³/mol. The lowest BCUT2D eigenvalue weighted by Gasteiger charge is -2.44. The zero-order chi connectivity index (χ0) is 28.1. The summed E-state index contributed by atoms with van der Waals surface area (Å²) in [5.41, 5.74) is 7.21. The molecule has 0 aromatic heterocycles. The summed E-state index contributed by atoms with van der Waals surface area (Å²) in [5, 5.41) is 3.07. The van der Waals surface area contributed by atoms with Crippen LogP contribution in [0.15, 0.2) is 66.7 Å². The Morgan fingerprint density at radius 2 is 1.69 bits per heavy atom. The van der Waals surface area contributed by atoms with Crippen LogP contribution < -0.4 is 15.8 Å². The van der Waals surface area contributed by atoms with Gasteiger partial charge in [-0.1, -0.05) is 23.7 Å². The van der Waals surface area contributed by atoms with Crippen LogP contribution in [0.2, 0.25) is 5.02 Å². The monoisotopic (exact) mass is 552 g/mol. The molecule has 3 amide bonds.